The highest BCUT2D eigenvalue weighted by molar-refractivity contribution is 7.14. The molecule has 0 atom stereocenters. The van der Waals surface area contributed by atoms with Gasteiger partial charge in [0, 0.05) is 34.0 Å². The van der Waals surface area contributed by atoms with Gasteiger partial charge in [-0.3, -0.25) is 0 Å². The molecule has 4 heteroatoms. The third-order valence-electron chi connectivity index (χ3n) is 3.03. The van der Waals surface area contributed by atoms with E-state index in [1.165, 1.54) is 21.4 Å². The minimum Gasteiger partial charge on any atom is -0.308 e. The van der Waals surface area contributed by atoms with Crippen molar-refractivity contribution in [3.05, 3.63) is 69.5 Å². The highest BCUT2D eigenvalue weighted by atomic mass is 32.1. The number of nitrogens with one attached hydrogen (secondary N) is 1. The van der Waals surface area contributed by atoms with Crippen LogP contribution in [0.1, 0.15) is 10.4 Å². The van der Waals surface area contributed by atoms with Crippen LogP contribution in [0.3, 0.4) is 0 Å². The minimum atomic E-state index is -0.148. The van der Waals surface area contributed by atoms with E-state index in [2.05, 4.69) is 34.3 Å². The van der Waals surface area contributed by atoms with Crippen molar-refractivity contribution in [1.82, 2.24) is 5.32 Å². The van der Waals surface area contributed by atoms with E-state index in [9.17, 15) is 4.39 Å². The van der Waals surface area contributed by atoms with Crippen LogP contribution in [-0.4, -0.2) is 0 Å². The molecule has 0 aliphatic carbocycles. The summed E-state index contributed by atoms with van der Waals surface area (Å²) in [6.07, 6.45) is 0. The molecule has 1 N–H and O–H groups in total. The van der Waals surface area contributed by atoms with Crippen molar-refractivity contribution in [2.24, 2.45) is 0 Å². The molecule has 0 amide bonds. The highest BCUT2D eigenvalue weighted by Crippen LogP contribution is 2.29. The summed E-state index contributed by atoms with van der Waals surface area (Å²) >= 11 is 3.49. The number of hydrogen-bond donors (Lipinski definition) is 1. The van der Waals surface area contributed by atoms with Gasteiger partial charge in [0.25, 0.3) is 0 Å². The van der Waals surface area contributed by atoms with Gasteiger partial charge in [-0.15, -0.1) is 22.7 Å². The molecule has 0 bridgehead atoms. The van der Waals surface area contributed by atoms with Crippen molar-refractivity contribution in [1.29, 1.82) is 0 Å². The lowest BCUT2D eigenvalue weighted by Crippen LogP contribution is -2.12. The Balaban J connectivity index is 1.58. The van der Waals surface area contributed by atoms with Gasteiger partial charge in [-0.2, -0.15) is 0 Å². The van der Waals surface area contributed by atoms with Crippen LogP contribution < -0.4 is 5.32 Å². The average molecular weight is 303 g/mol. The van der Waals surface area contributed by atoms with Gasteiger partial charge < -0.3 is 5.32 Å². The Morgan fingerprint density at radius 2 is 1.90 bits per heavy atom. The lowest BCUT2D eigenvalue weighted by Gasteiger charge is -2.04. The summed E-state index contributed by atoms with van der Waals surface area (Å²) in [5.74, 6) is -0.148. The summed E-state index contributed by atoms with van der Waals surface area (Å²) in [5.41, 5.74) is 1.98. The lowest BCUT2D eigenvalue weighted by atomic mass is 10.2. The number of rotatable bonds is 5. The average Bonchev–Trinajstić information content (AvgIpc) is 3.11. The molecule has 0 saturated heterocycles. The molecule has 20 heavy (non-hydrogen) atoms. The molecule has 2 aromatic heterocycles. The second-order valence-corrected chi connectivity index (χ2v) is 6.42. The third kappa shape index (κ3) is 3.15. The van der Waals surface area contributed by atoms with E-state index < -0.39 is 0 Å². The molecule has 0 aliphatic heterocycles. The van der Waals surface area contributed by atoms with Crippen LogP contribution in [0, 0.1) is 5.82 Å². The van der Waals surface area contributed by atoms with E-state index >= 15 is 0 Å². The Bertz CT molecular complexity index is 673. The third-order valence-corrected chi connectivity index (χ3v) is 4.89. The fourth-order valence-corrected chi connectivity index (χ4v) is 3.65. The van der Waals surface area contributed by atoms with Gasteiger partial charge in [0.2, 0.25) is 0 Å². The molecule has 2 heterocycles. The Hall–Kier alpha value is -1.49. The molecule has 0 saturated carbocycles. The normalized spacial score (nSPS) is 10.8. The van der Waals surface area contributed by atoms with Crippen LogP contribution >= 0.6 is 22.7 Å². The van der Waals surface area contributed by atoms with Crippen molar-refractivity contribution >= 4 is 22.7 Å². The van der Waals surface area contributed by atoms with E-state index in [4.69, 9.17) is 0 Å². The van der Waals surface area contributed by atoms with Crippen LogP contribution in [0.25, 0.3) is 10.4 Å². The van der Waals surface area contributed by atoms with Gasteiger partial charge in [-0.25, -0.2) is 4.39 Å². The smallest absolute Gasteiger partial charge is 0.127 e. The molecule has 0 spiro atoms. The number of hydrogen-bond acceptors (Lipinski definition) is 3. The Morgan fingerprint density at radius 3 is 2.70 bits per heavy atom. The van der Waals surface area contributed by atoms with E-state index in [1.807, 2.05) is 12.1 Å². The van der Waals surface area contributed by atoms with Crippen molar-refractivity contribution in [3.8, 4) is 10.4 Å². The number of halogens is 1. The van der Waals surface area contributed by atoms with Gasteiger partial charge in [-0.1, -0.05) is 24.3 Å². The minimum absolute atomic E-state index is 0.148. The lowest BCUT2D eigenvalue weighted by molar-refractivity contribution is 0.589. The predicted molar refractivity (Wildman–Crippen MR) is 84.6 cm³/mol. The molecular weight excluding hydrogens is 289 g/mol. The maximum atomic E-state index is 13.5. The second-order valence-electron chi connectivity index (χ2n) is 4.47. The molecule has 1 aromatic carbocycles. The molecule has 0 aliphatic rings. The van der Waals surface area contributed by atoms with Crippen LogP contribution in [0.15, 0.2) is 53.2 Å². The first-order valence-electron chi connectivity index (χ1n) is 6.38. The van der Waals surface area contributed by atoms with E-state index in [0.717, 1.165) is 6.54 Å². The molecule has 3 aromatic rings. The maximum absolute atomic E-state index is 13.5. The molecule has 0 unspecified atom stereocenters. The molecule has 0 radical (unpaired) electrons. The van der Waals surface area contributed by atoms with Gasteiger partial charge >= 0.3 is 0 Å². The highest BCUT2D eigenvalue weighted by Gasteiger charge is 2.04. The zero-order valence-corrected chi connectivity index (χ0v) is 12.4. The van der Waals surface area contributed by atoms with E-state index in [0.29, 0.717) is 12.1 Å². The zero-order chi connectivity index (χ0) is 13.8. The van der Waals surface area contributed by atoms with Crippen LogP contribution in [-0.2, 0) is 13.1 Å². The van der Waals surface area contributed by atoms with Crippen LogP contribution in [0.5, 0.6) is 0 Å². The number of benzene rings is 1. The summed E-state index contributed by atoms with van der Waals surface area (Å²) < 4.78 is 13.5. The summed E-state index contributed by atoms with van der Waals surface area (Å²) in [6, 6.07) is 13.3. The Labute approximate surface area is 125 Å². The number of thiophene rings is 2. The van der Waals surface area contributed by atoms with Gasteiger partial charge in [0.1, 0.15) is 5.82 Å². The van der Waals surface area contributed by atoms with Gasteiger partial charge in [0.05, 0.1) is 0 Å². The molecule has 102 valence electrons. The largest absolute Gasteiger partial charge is 0.308 e. The van der Waals surface area contributed by atoms with Crippen LogP contribution in [0.2, 0.25) is 0 Å². The fraction of sp³-hybridized carbons (Fsp3) is 0.125. The molecule has 3 rings (SSSR count). The van der Waals surface area contributed by atoms with Crippen molar-refractivity contribution in [2.75, 3.05) is 0 Å². The van der Waals surface area contributed by atoms with Gasteiger partial charge in [0.15, 0.2) is 0 Å². The monoisotopic (exact) mass is 303 g/mol. The standard InChI is InChI=1S/C16H14FNS2/c17-15-5-2-1-4-12(15)9-18-10-14-8-13(11-20-14)16-6-3-7-19-16/h1-8,11,18H,9-10H2. The second kappa shape index (κ2) is 6.31. The molecular formula is C16H14FNS2. The summed E-state index contributed by atoms with van der Waals surface area (Å²) in [5, 5.41) is 7.55. The van der Waals surface area contributed by atoms with E-state index in [-0.39, 0.29) is 5.82 Å². The molecule has 1 nitrogen and oxygen atoms in total. The first-order chi connectivity index (χ1) is 9.83. The first-order valence-corrected chi connectivity index (χ1v) is 8.14. The molecule has 0 fully saturated rings. The topological polar surface area (TPSA) is 12.0 Å². The zero-order valence-electron chi connectivity index (χ0n) is 10.8. The van der Waals surface area contributed by atoms with E-state index in [1.54, 1.807) is 28.7 Å². The summed E-state index contributed by atoms with van der Waals surface area (Å²) in [7, 11) is 0. The quantitative estimate of drug-likeness (QED) is 0.706. The summed E-state index contributed by atoms with van der Waals surface area (Å²) in [6.45, 7) is 1.32. The maximum Gasteiger partial charge on any atom is 0.127 e. The first kappa shape index (κ1) is 13.5. The van der Waals surface area contributed by atoms with Crippen LogP contribution in [0.4, 0.5) is 4.39 Å². The van der Waals surface area contributed by atoms with Gasteiger partial charge in [-0.05, 0) is 29.0 Å². The Morgan fingerprint density at radius 1 is 1.00 bits per heavy atom. The summed E-state index contributed by atoms with van der Waals surface area (Å²) in [4.78, 5) is 2.56. The predicted octanol–water partition coefficient (Wildman–Crippen LogP) is 4.91. The Kier molecular flexibility index (Phi) is 4.25. The van der Waals surface area contributed by atoms with Crippen molar-refractivity contribution < 1.29 is 4.39 Å². The van der Waals surface area contributed by atoms with Crippen molar-refractivity contribution in [3.63, 3.8) is 0 Å². The van der Waals surface area contributed by atoms with Crippen molar-refractivity contribution in [2.45, 2.75) is 13.1 Å². The fourth-order valence-electron chi connectivity index (χ4n) is 2.01. The SMILES string of the molecule is Fc1ccccc1CNCc1cc(-c2cccs2)cs1.